The summed E-state index contributed by atoms with van der Waals surface area (Å²) in [5, 5.41) is 10.7. The van der Waals surface area contributed by atoms with Gasteiger partial charge in [-0.25, -0.2) is 0 Å². The molecule has 2 rings (SSSR count). The Morgan fingerprint density at radius 1 is 1.40 bits per heavy atom. The number of rotatable bonds is 3. The predicted molar refractivity (Wildman–Crippen MR) is 55.5 cm³/mol. The number of aromatic nitrogens is 2. The van der Waals surface area contributed by atoms with Crippen molar-refractivity contribution in [3.8, 4) is 0 Å². The number of ether oxygens (including phenoxy) is 2. The van der Waals surface area contributed by atoms with Crippen LogP contribution < -0.4 is 11.1 Å². The highest BCUT2D eigenvalue weighted by Gasteiger charge is 2.13. The molecule has 1 atom stereocenters. The molecular weight excluding hydrogens is 196 g/mol. The Balaban J connectivity index is 1.79. The Morgan fingerprint density at radius 3 is 3.00 bits per heavy atom. The second kappa shape index (κ2) is 4.90. The van der Waals surface area contributed by atoms with Gasteiger partial charge in [0, 0.05) is 6.54 Å². The van der Waals surface area contributed by atoms with E-state index in [4.69, 9.17) is 15.2 Å². The van der Waals surface area contributed by atoms with Gasteiger partial charge in [0.1, 0.15) is 11.6 Å². The van der Waals surface area contributed by atoms with Crippen molar-refractivity contribution in [1.82, 2.24) is 10.2 Å². The molecule has 0 aromatic carbocycles. The van der Waals surface area contributed by atoms with Crippen molar-refractivity contribution >= 4 is 11.6 Å². The zero-order chi connectivity index (χ0) is 10.5. The second-order valence-corrected chi connectivity index (χ2v) is 3.29. The summed E-state index contributed by atoms with van der Waals surface area (Å²) < 4.78 is 10.7. The molecule has 0 amide bonds. The van der Waals surface area contributed by atoms with E-state index in [2.05, 4.69) is 15.5 Å². The highest BCUT2D eigenvalue weighted by atomic mass is 16.6. The van der Waals surface area contributed by atoms with Gasteiger partial charge in [-0.3, -0.25) is 0 Å². The van der Waals surface area contributed by atoms with Crippen molar-refractivity contribution in [2.75, 3.05) is 37.4 Å². The Hall–Kier alpha value is -1.40. The van der Waals surface area contributed by atoms with Crippen LogP contribution in [0.2, 0.25) is 0 Å². The van der Waals surface area contributed by atoms with E-state index in [-0.39, 0.29) is 6.10 Å². The predicted octanol–water partition coefficient (Wildman–Crippen LogP) is -0.114. The summed E-state index contributed by atoms with van der Waals surface area (Å²) in [6.07, 6.45) is 0.0816. The zero-order valence-electron chi connectivity index (χ0n) is 8.35. The maximum absolute atomic E-state index is 5.46. The van der Waals surface area contributed by atoms with Crippen LogP contribution in [0.5, 0.6) is 0 Å². The third-order valence-corrected chi connectivity index (χ3v) is 2.08. The molecule has 0 aliphatic carbocycles. The molecule has 1 aliphatic rings. The molecule has 1 aliphatic heterocycles. The largest absolute Gasteiger partial charge is 0.382 e. The SMILES string of the molecule is Nc1ccc(NCC2COCCO2)nn1. The van der Waals surface area contributed by atoms with Crippen LogP contribution in [-0.4, -0.2) is 42.7 Å². The highest BCUT2D eigenvalue weighted by molar-refractivity contribution is 5.38. The minimum absolute atomic E-state index is 0.0816. The number of nitrogens with zero attached hydrogens (tertiary/aromatic N) is 2. The first-order chi connectivity index (χ1) is 7.34. The Kier molecular flexibility index (Phi) is 3.31. The van der Waals surface area contributed by atoms with Gasteiger partial charge in [0.05, 0.1) is 25.9 Å². The quantitative estimate of drug-likeness (QED) is 0.724. The number of hydrogen-bond acceptors (Lipinski definition) is 6. The molecule has 6 nitrogen and oxygen atoms in total. The molecule has 1 unspecified atom stereocenters. The van der Waals surface area contributed by atoms with Gasteiger partial charge in [0.2, 0.25) is 0 Å². The number of nitrogens with one attached hydrogen (secondary N) is 1. The van der Waals surface area contributed by atoms with Gasteiger partial charge in [-0.2, -0.15) is 0 Å². The molecule has 0 radical (unpaired) electrons. The molecule has 1 aromatic rings. The van der Waals surface area contributed by atoms with Crippen molar-refractivity contribution in [3.05, 3.63) is 12.1 Å². The van der Waals surface area contributed by atoms with Crippen LogP contribution in [0.25, 0.3) is 0 Å². The summed E-state index contributed by atoms with van der Waals surface area (Å²) in [7, 11) is 0. The summed E-state index contributed by atoms with van der Waals surface area (Å²) in [5.41, 5.74) is 5.42. The van der Waals surface area contributed by atoms with Gasteiger partial charge < -0.3 is 20.5 Å². The standard InChI is InChI=1S/C9H14N4O2/c10-8-1-2-9(13-12-8)11-5-7-6-14-3-4-15-7/h1-2,7H,3-6H2,(H2,10,12)(H,11,13). The van der Waals surface area contributed by atoms with Gasteiger partial charge in [0.25, 0.3) is 0 Å². The lowest BCUT2D eigenvalue weighted by atomic mass is 10.3. The topological polar surface area (TPSA) is 82.3 Å². The van der Waals surface area contributed by atoms with Crippen LogP contribution in [0.1, 0.15) is 0 Å². The summed E-state index contributed by atoms with van der Waals surface area (Å²) in [5.74, 6) is 1.11. The fraction of sp³-hybridized carbons (Fsp3) is 0.556. The van der Waals surface area contributed by atoms with E-state index in [1.807, 2.05) is 0 Å². The molecule has 0 saturated carbocycles. The van der Waals surface area contributed by atoms with Crippen molar-refractivity contribution in [1.29, 1.82) is 0 Å². The van der Waals surface area contributed by atoms with E-state index in [0.717, 1.165) is 0 Å². The minimum Gasteiger partial charge on any atom is -0.382 e. The third-order valence-electron chi connectivity index (χ3n) is 2.08. The van der Waals surface area contributed by atoms with Crippen LogP contribution in [0.15, 0.2) is 12.1 Å². The zero-order valence-corrected chi connectivity index (χ0v) is 8.35. The molecule has 1 aromatic heterocycles. The lowest BCUT2D eigenvalue weighted by Gasteiger charge is -2.23. The molecule has 0 bridgehead atoms. The van der Waals surface area contributed by atoms with Crippen molar-refractivity contribution in [2.45, 2.75) is 6.10 Å². The van der Waals surface area contributed by atoms with E-state index < -0.39 is 0 Å². The fourth-order valence-corrected chi connectivity index (χ4v) is 1.31. The van der Waals surface area contributed by atoms with Crippen LogP contribution in [0, 0.1) is 0 Å². The van der Waals surface area contributed by atoms with Crippen molar-refractivity contribution in [3.63, 3.8) is 0 Å². The van der Waals surface area contributed by atoms with Gasteiger partial charge in [-0.1, -0.05) is 0 Å². The van der Waals surface area contributed by atoms with Crippen molar-refractivity contribution in [2.24, 2.45) is 0 Å². The van der Waals surface area contributed by atoms with Gasteiger partial charge in [0.15, 0.2) is 0 Å². The van der Waals surface area contributed by atoms with Gasteiger partial charge in [-0.15, -0.1) is 10.2 Å². The minimum atomic E-state index is 0.0816. The Bertz CT molecular complexity index is 297. The molecule has 82 valence electrons. The van der Waals surface area contributed by atoms with Crippen LogP contribution in [0.3, 0.4) is 0 Å². The number of anilines is 2. The normalized spacial score (nSPS) is 21.2. The fourth-order valence-electron chi connectivity index (χ4n) is 1.31. The monoisotopic (exact) mass is 210 g/mol. The highest BCUT2D eigenvalue weighted by Crippen LogP contribution is 2.05. The first-order valence-corrected chi connectivity index (χ1v) is 4.87. The van der Waals surface area contributed by atoms with E-state index >= 15 is 0 Å². The molecular formula is C9H14N4O2. The smallest absolute Gasteiger partial charge is 0.148 e. The molecule has 15 heavy (non-hydrogen) atoms. The summed E-state index contributed by atoms with van der Waals surface area (Å²) in [6, 6.07) is 3.49. The van der Waals surface area contributed by atoms with Crippen LogP contribution in [-0.2, 0) is 9.47 Å². The molecule has 6 heteroatoms. The summed E-state index contributed by atoms with van der Waals surface area (Å²) in [4.78, 5) is 0. The maximum Gasteiger partial charge on any atom is 0.148 e. The summed E-state index contributed by atoms with van der Waals surface area (Å²) >= 11 is 0. The van der Waals surface area contributed by atoms with E-state index in [1.165, 1.54) is 0 Å². The first kappa shape index (κ1) is 10.1. The molecule has 3 N–H and O–H groups in total. The lowest BCUT2D eigenvalue weighted by Crippen LogP contribution is -2.34. The van der Waals surface area contributed by atoms with Crippen molar-refractivity contribution < 1.29 is 9.47 Å². The second-order valence-electron chi connectivity index (χ2n) is 3.29. The lowest BCUT2D eigenvalue weighted by molar-refractivity contribution is -0.0819. The van der Waals surface area contributed by atoms with Gasteiger partial charge >= 0.3 is 0 Å². The molecule has 1 saturated heterocycles. The van der Waals surface area contributed by atoms with Crippen LogP contribution >= 0.6 is 0 Å². The van der Waals surface area contributed by atoms with Crippen LogP contribution in [0.4, 0.5) is 11.6 Å². The maximum atomic E-state index is 5.46. The molecule has 1 fully saturated rings. The average molecular weight is 210 g/mol. The summed E-state index contributed by atoms with van der Waals surface area (Å²) in [6.45, 7) is 2.62. The Morgan fingerprint density at radius 2 is 2.33 bits per heavy atom. The average Bonchev–Trinajstić information content (AvgIpc) is 2.30. The number of nitrogen functional groups attached to an aromatic ring is 1. The third kappa shape index (κ3) is 3.03. The van der Waals surface area contributed by atoms with Gasteiger partial charge in [-0.05, 0) is 12.1 Å². The molecule has 0 spiro atoms. The Labute approximate surface area is 87.8 Å². The van der Waals surface area contributed by atoms with E-state index in [0.29, 0.717) is 38.0 Å². The number of nitrogens with two attached hydrogens (primary N) is 1. The number of hydrogen-bond donors (Lipinski definition) is 2. The van der Waals surface area contributed by atoms with E-state index in [1.54, 1.807) is 12.1 Å². The van der Waals surface area contributed by atoms with E-state index in [9.17, 15) is 0 Å². The molecule has 2 heterocycles. The first-order valence-electron chi connectivity index (χ1n) is 4.87.